The Balaban J connectivity index is 0.00000169. The number of phenols is 1. The van der Waals surface area contributed by atoms with Gasteiger partial charge in [-0.15, -0.1) is 0 Å². The number of fused-ring (bicyclic) bond motifs is 4. The van der Waals surface area contributed by atoms with Crippen molar-refractivity contribution < 1.29 is 31.6 Å². The van der Waals surface area contributed by atoms with E-state index in [4.69, 9.17) is 9.47 Å². The van der Waals surface area contributed by atoms with Gasteiger partial charge in [0.25, 0.3) is 0 Å². The number of aryl methyl sites for hydroxylation is 2. The van der Waals surface area contributed by atoms with E-state index in [0.29, 0.717) is 5.75 Å². The number of phenolic OH excluding ortho intramolecular Hbond substituents is 1. The van der Waals surface area contributed by atoms with Crippen molar-refractivity contribution in [3.8, 4) is 28.5 Å². The molecule has 0 radical (unpaired) electrons. The second-order valence-electron chi connectivity index (χ2n) is 5.75. The van der Waals surface area contributed by atoms with Gasteiger partial charge >= 0.3 is 0 Å². The first-order chi connectivity index (χ1) is 11.2. The van der Waals surface area contributed by atoms with Crippen LogP contribution in [0.4, 0.5) is 0 Å². The van der Waals surface area contributed by atoms with E-state index in [1.54, 1.807) is 20.3 Å². The SMILES string of the molecule is COc1ccc2cc3[n+](cc2c1OC)CCc1cc(O)ccc1-3.[Cl-]. The number of halogens is 1. The summed E-state index contributed by atoms with van der Waals surface area (Å²) in [4.78, 5) is 0. The van der Waals surface area contributed by atoms with Crippen molar-refractivity contribution >= 4 is 10.8 Å². The second kappa shape index (κ2) is 6.21. The summed E-state index contributed by atoms with van der Waals surface area (Å²) in [6.45, 7) is 0.877. The van der Waals surface area contributed by atoms with Gasteiger partial charge < -0.3 is 27.0 Å². The van der Waals surface area contributed by atoms with Crippen LogP contribution in [0.25, 0.3) is 22.0 Å². The van der Waals surface area contributed by atoms with Crippen LogP contribution in [0.3, 0.4) is 0 Å². The van der Waals surface area contributed by atoms with Crippen LogP contribution < -0.4 is 26.4 Å². The molecule has 5 heteroatoms. The molecule has 2 aromatic carbocycles. The van der Waals surface area contributed by atoms with E-state index in [0.717, 1.165) is 40.9 Å². The molecular formula is C19H18ClNO3. The molecule has 0 spiro atoms. The maximum absolute atomic E-state index is 9.70. The molecule has 0 amide bonds. The third-order valence-corrected chi connectivity index (χ3v) is 4.49. The third kappa shape index (κ3) is 2.43. The molecule has 4 rings (SSSR count). The zero-order valence-electron chi connectivity index (χ0n) is 13.5. The lowest BCUT2D eigenvalue weighted by molar-refractivity contribution is -0.686. The zero-order chi connectivity index (χ0) is 16.0. The maximum Gasteiger partial charge on any atom is 0.213 e. The van der Waals surface area contributed by atoms with E-state index in [1.165, 1.54) is 11.1 Å². The van der Waals surface area contributed by atoms with Gasteiger partial charge in [0, 0.05) is 18.1 Å². The van der Waals surface area contributed by atoms with Crippen LogP contribution in [0.1, 0.15) is 5.56 Å². The van der Waals surface area contributed by atoms with Crippen LogP contribution in [0.5, 0.6) is 17.2 Å². The summed E-state index contributed by atoms with van der Waals surface area (Å²) >= 11 is 0. The lowest BCUT2D eigenvalue weighted by Gasteiger charge is -2.17. The van der Waals surface area contributed by atoms with E-state index in [-0.39, 0.29) is 12.4 Å². The molecule has 0 bridgehead atoms. The van der Waals surface area contributed by atoms with Crippen LogP contribution in [0.2, 0.25) is 0 Å². The molecule has 0 aliphatic carbocycles. The number of pyridine rings is 1. The minimum atomic E-state index is 0. The minimum absolute atomic E-state index is 0. The van der Waals surface area contributed by atoms with Crippen molar-refractivity contribution in [1.29, 1.82) is 0 Å². The molecule has 1 aliphatic rings. The van der Waals surface area contributed by atoms with Gasteiger partial charge in [-0.1, -0.05) is 0 Å². The quantitative estimate of drug-likeness (QED) is 0.670. The summed E-state index contributed by atoms with van der Waals surface area (Å²) in [7, 11) is 3.32. The Morgan fingerprint density at radius 1 is 1.04 bits per heavy atom. The number of benzene rings is 2. The fourth-order valence-corrected chi connectivity index (χ4v) is 3.38. The lowest BCUT2D eigenvalue weighted by atomic mass is 9.95. The Bertz CT molecular complexity index is 924. The number of aromatic nitrogens is 1. The number of hydrogen-bond donors (Lipinski definition) is 1. The van der Waals surface area contributed by atoms with Gasteiger partial charge in [-0.25, -0.2) is 0 Å². The van der Waals surface area contributed by atoms with E-state index in [1.807, 2.05) is 24.3 Å². The van der Waals surface area contributed by atoms with Crippen molar-refractivity contribution in [1.82, 2.24) is 0 Å². The Labute approximate surface area is 146 Å². The molecule has 3 aromatic rings. The van der Waals surface area contributed by atoms with Crippen molar-refractivity contribution in [2.75, 3.05) is 14.2 Å². The van der Waals surface area contributed by atoms with Crippen LogP contribution in [0.15, 0.2) is 42.6 Å². The number of aromatic hydroxyl groups is 1. The molecule has 0 unspecified atom stereocenters. The average molecular weight is 344 g/mol. The summed E-state index contributed by atoms with van der Waals surface area (Å²) in [5.41, 5.74) is 3.52. The Morgan fingerprint density at radius 2 is 1.88 bits per heavy atom. The van der Waals surface area contributed by atoms with Crippen molar-refractivity contribution in [2.24, 2.45) is 0 Å². The van der Waals surface area contributed by atoms with Crippen molar-refractivity contribution in [3.05, 3.63) is 48.2 Å². The number of ether oxygens (including phenoxy) is 2. The third-order valence-electron chi connectivity index (χ3n) is 4.49. The molecule has 0 saturated heterocycles. The number of rotatable bonds is 2. The topological polar surface area (TPSA) is 42.6 Å². The Kier molecular flexibility index (Phi) is 4.24. The minimum Gasteiger partial charge on any atom is -1.00 e. The predicted molar refractivity (Wildman–Crippen MR) is 88.1 cm³/mol. The molecular weight excluding hydrogens is 326 g/mol. The van der Waals surface area contributed by atoms with Crippen molar-refractivity contribution in [2.45, 2.75) is 13.0 Å². The first-order valence-electron chi connectivity index (χ1n) is 7.61. The van der Waals surface area contributed by atoms with E-state index in [9.17, 15) is 5.11 Å². The van der Waals surface area contributed by atoms with Gasteiger partial charge in [0.05, 0.1) is 19.6 Å². The average Bonchev–Trinajstić information content (AvgIpc) is 2.58. The molecule has 1 N–H and O–H groups in total. The van der Waals surface area contributed by atoms with Gasteiger partial charge in [-0.3, -0.25) is 0 Å². The smallest absolute Gasteiger partial charge is 0.213 e. The second-order valence-corrected chi connectivity index (χ2v) is 5.75. The highest BCUT2D eigenvalue weighted by Crippen LogP contribution is 2.37. The highest BCUT2D eigenvalue weighted by Gasteiger charge is 2.25. The van der Waals surface area contributed by atoms with E-state index in [2.05, 4.69) is 16.8 Å². The van der Waals surface area contributed by atoms with Crippen LogP contribution in [-0.2, 0) is 13.0 Å². The molecule has 1 aromatic heterocycles. The monoisotopic (exact) mass is 343 g/mol. The zero-order valence-corrected chi connectivity index (χ0v) is 14.3. The van der Waals surface area contributed by atoms with E-state index >= 15 is 0 Å². The van der Waals surface area contributed by atoms with Gasteiger partial charge in [-0.2, -0.15) is 4.57 Å². The van der Waals surface area contributed by atoms with Gasteiger partial charge in [-0.05, 0) is 41.3 Å². The Morgan fingerprint density at radius 3 is 2.62 bits per heavy atom. The molecule has 0 fully saturated rings. The summed E-state index contributed by atoms with van der Waals surface area (Å²) in [6.07, 6.45) is 3.03. The standard InChI is InChI=1S/C19H17NO3.ClH/c1-22-18-6-3-12-10-17-15-5-4-14(21)9-13(15)7-8-20(17)11-16(12)19(18)23-2;/h3-6,9-11H,7-8H2,1-2H3;1H. The summed E-state index contributed by atoms with van der Waals surface area (Å²) in [6, 6.07) is 11.7. The highest BCUT2D eigenvalue weighted by atomic mass is 35.5. The number of hydrogen-bond acceptors (Lipinski definition) is 3. The molecule has 124 valence electrons. The molecule has 4 nitrogen and oxygen atoms in total. The van der Waals surface area contributed by atoms with E-state index < -0.39 is 0 Å². The first-order valence-corrected chi connectivity index (χ1v) is 7.61. The van der Waals surface area contributed by atoms with Gasteiger partial charge in [0.1, 0.15) is 5.75 Å². The predicted octanol–water partition coefficient (Wildman–Crippen LogP) is 0.0772. The van der Waals surface area contributed by atoms with Gasteiger partial charge in [0.15, 0.2) is 24.2 Å². The molecule has 2 heterocycles. The van der Waals surface area contributed by atoms with Crippen LogP contribution in [0, 0.1) is 0 Å². The molecule has 24 heavy (non-hydrogen) atoms. The maximum atomic E-state index is 9.70. The van der Waals surface area contributed by atoms with Crippen LogP contribution in [-0.4, -0.2) is 19.3 Å². The summed E-state index contributed by atoms with van der Waals surface area (Å²) in [5.74, 6) is 1.82. The highest BCUT2D eigenvalue weighted by molar-refractivity contribution is 5.91. The van der Waals surface area contributed by atoms with Gasteiger partial charge in [0.2, 0.25) is 5.69 Å². The normalized spacial score (nSPS) is 12.1. The van der Waals surface area contributed by atoms with Crippen molar-refractivity contribution in [3.63, 3.8) is 0 Å². The fourth-order valence-electron chi connectivity index (χ4n) is 3.38. The fraction of sp³-hybridized carbons (Fsp3) is 0.211. The molecule has 1 aliphatic heterocycles. The largest absolute Gasteiger partial charge is 1.00 e. The number of methoxy groups -OCH3 is 2. The first kappa shape index (κ1) is 16.4. The summed E-state index contributed by atoms with van der Waals surface area (Å²) < 4.78 is 13.2. The summed E-state index contributed by atoms with van der Waals surface area (Å²) in [5, 5.41) is 11.8. The molecule has 0 saturated carbocycles. The lowest BCUT2D eigenvalue weighted by Crippen LogP contribution is -3.00. The number of nitrogens with zero attached hydrogens (tertiary/aromatic N) is 1. The Hall–Kier alpha value is -2.46. The molecule has 0 atom stereocenters. The van der Waals surface area contributed by atoms with Crippen LogP contribution >= 0.6 is 0 Å².